The second-order valence-electron chi connectivity index (χ2n) is 4.37. The summed E-state index contributed by atoms with van der Waals surface area (Å²) >= 11 is 0. The lowest BCUT2D eigenvalue weighted by Crippen LogP contribution is -2.27. The number of halogens is 1. The second kappa shape index (κ2) is 8.48. The maximum atomic E-state index is 12.9. The molecule has 1 atom stereocenters. The van der Waals surface area contributed by atoms with Crippen LogP contribution in [0.3, 0.4) is 0 Å². The van der Waals surface area contributed by atoms with Gasteiger partial charge in [0.05, 0.1) is 0 Å². The molecule has 0 spiro atoms. The Morgan fingerprint density at radius 2 is 2.11 bits per heavy atom. The van der Waals surface area contributed by atoms with E-state index >= 15 is 0 Å². The van der Waals surface area contributed by atoms with Crippen molar-refractivity contribution in [2.75, 3.05) is 13.2 Å². The first kappa shape index (κ1) is 15.4. The normalized spacial score (nSPS) is 12.1. The number of amides is 1. The zero-order chi connectivity index (χ0) is 14.1. The molecule has 5 heteroatoms. The molecule has 0 aromatic heterocycles. The van der Waals surface area contributed by atoms with E-state index in [1.54, 1.807) is 12.1 Å². The molecule has 19 heavy (non-hydrogen) atoms. The summed E-state index contributed by atoms with van der Waals surface area (Å²) in [6.45, 7) is 2.88. The predicted octanol–water partition coefficient (Wildman–Crippen LogP) is 2.74. The number of hydrogen-bond acceptors (Lipinski definition) is 3. The molecule has 1 rings (SSSR count). The Kier molecular flexibility index (Phi) is 6.89. The first-order chi connectivity index (χ1) is 9.13. The van der Waals surface area contributed by atoms with Gasteiger partial charge in [-0.25, -0.2) is 9.18 Å². The summed E-state index contributed by atoms with van der Waals surface area (Å²) in [6.07, 6.45) is 2.36. The number of primary amides is 1. The van der Waals surface area contributed by atoms with Crippen molar-refractivity contribution in [2.24, 2.45) is 5.73 Å². The summed E-state index contributed by atoms with van der Waals surface area (Å²) < 4.78 is 17.6. The lowest BCUT2D eigenvalue weighted by atomic mass is 10.0. The molecule has 3 N–H and O–H groups in total. The molecular weight excluding hydrogens is 247 g/mol. The summed E-state index contributed by atoms with van der Waals surface area (Å²) in [7, 11) is 0. The quantitative estimate of drug-likeness (QED) is 0.712. The van der Waals surface area contributed by atoms with Gasteiger partial charge < -0.3 is 15.8 Å². The van der Waals surface area contributed by atoms with Crippen molar-refractivity contribution < 1.29 is 13.9 Å². The highest BCUT2D eigenvalue weighted by molar-refractivity contribution is 5.64. The van der Waals surface area contributed by atoms with Gasteiger partial charge in [-0.2, -0.15) is 0 Å². The molecule has 0 aliphatic carbocycles. The number of ether oxygens (including phenoxy) is 1. The molecule has 1 aromatic carbocycles. The third kappa shape index (κ3) is 6.20. The Labute approximate surface area is 113 Å². The Bertz CT molecular complexity index is 382. The molecule has 106 valence electrons. The van der Waals surface area contributed by atoms with Crippen LogP contribution in [-0.4, -0.2) is 19.2 Å². The minimum absolute atomic E-state index is 0.136. The highest BCUT2D eigenvalue weighted by Gasteiger charge is 2.10. The van der Waals surface area contributed by atoms with E-state index in [0.29, 0.717) is 6.54 Å². The van der Waals surface area contributed by atoms with Crippen LogP contribution in [0.25, 0.3) is 0 Å². The lowest BCUT2D eigenvalue weighted by Gasteiger charge is -2.19. The van der Waals surface area contributed by atoms with Gasteiger partial charge in [0, 0.05) is 12.6 Å². The van der Waals surface area contributed by atoms with Gasteiger partial charge in [-0.3, -0.25) is 0 Å². The first-order valence-electron chi connectivity index (χ1n) is 6.54. The van der Waals surface area contributed by atoms with Crippen molar-refractivity contribution in [1.82, 2.24) is 5.32 Å². The molecule has 1 aromatic rings. The van der Waals surface area contributed by atoms with E-state index < -0.39 is 6.09 Å². The number of carbonyl (C=O) groups is 1. The van der Waals surface area contributed by atoms with Crippen LogP contribution in [0.2, 0.25) is 0 Å². The van der Waals surface area contributed by atoms with Gasteiger partial charge in [0.2, 0.25) is 0 Å². The average Bonchev–Trinajstić information content (AvgIpc) is 2.39. The van der Waals surface area contributed by atoms with Gasteiger partial charge in [-0.1, -0.05) is 31.9 Å². The van der Waals surface area contributed by atoms with E-state index in [9.17, 15) is 9.18 Å². The molecule has 4 nitrogen and oxygen atoms in total. The fraction of sp³-hybridized carbons (Fsp3) is 0.500. The third-order valence-electron chi connectivity index (χ3n) is 2.86. The lowest BCUT2D eigenvalue weighted by molar-refractivity contribution is 0.156. The van der Waals surface area contributed by atoms with E-state index in [2.05, 4.69) is 17.0 Å². The zero-order valence-corrected chi connectivity index (χ0v) is 11.2. The van der Waals surface area contributed by atoms with Gasteiger partial charge in [-0.15, -0.1) is 0 Å². The van der Waals surface area contributed by atoms with Crippen LogP contribution in [0.4, 0.5) is 9.18 Å². The molecule has 0 heterocycles. The van der Waals surface area contributed by atoms with Crippen molar-refractivity contribution in [3.63, 3.8) is 0 Å². The molecule has 1 amide bonds. The number of unbranched alkanes of at least 4 members (excludes halogenated alkanes) is 1. The molecule has 0 bridgehead atoms. The predicted molar refractivity (Wildman–Crippen MR) is 72.2 cm³/mol. The molecule has 0 radical (unpaired) electrons. The summed E-state index contributed by atoms with van der Waals surface area (Å²) in [5.41, 5.74) is 5.92. The molecule has 0 aliphatic rings. The Morgan fingerprint density at radius 1 is 1.42 bits per heavy atom. The fourth-order valence-electron chi connectivity index (χ4n) is 1.87. The standard InChI is InChI=1S/C14H21FN2O2/c1-2-3-4-13(17-9-10-19-14(16)18)11-5-7-12(15)8-6-11/h5-8,13,17H,2-4,9-10H2,1H3,(H2,16,18). The number of benzene rings is 1. The summed E-state index contributed by atoms with van der Waals surface area (Å²) in [5.74, 6) is -0.241. The number of hydrogen-bond donors (Lipinski definition) is 2. The Morgan fingerprint density at radius 3 is 2.68 bits per heavy atom. The Hall–Kier alpha value is -1.62. The number of nitrogens with two attached hydrogens (primary N) is 1. The number of nitrogens with one attached hydrogen (secondary N) is 1. The maximum Gasteiger partial charge on any atom is 0.404 e. The van der Waals surface area contributed by atoms with Gasteiger partial charge in [0.15, 0.2) is 0 Å². The SMILES string of the molecule is CCCCC(NCCOC(N)=O)c1ccc(F)cc1. The van der Waals surface area contributed by atoms with Crippen molar-refractivity contribution in [2.45, 2.75) is 32.2 Å². The van der Waals surface area contributed by atoms with Gasteiger partial charge in [-0.05, 0) is 24.1 Å². The Balaban J connectivity index is 2.51. The summed E-state index contributed by atoms with van der Waals surface area (Å²) in [5, 5.41) is 3.29. The minimum Gasteiger partial charge on any atom is -0.448 e. The largest absolute Gasteiger partial charge is 0.448 e. The molecule has 1 unspecified atom stereocenters. The molecule has 0 aliphatic heterocycles. The van der Waals surface area contributed by atoms with Crippen molar-refractivity contribution in [1.29, 1.82) is 0 Å². The molecule has 0 fully saturated rings. The molecule has 0 saturated carbocycles. The zero-order valence-electron chi connectivity index (χ0n) is 11.2. The van der Waals surface area contributed by atoms with Crippen LogP contribution in [0.1, 0.15) is 37.8 Å². The van der Waals surface area contributed by atoms with Crippen LogP contribution in [-0.2, 0) is 4.74 Å². The fourth-order valence-corrected chi connectivity index (χ4v) is 1.87. The second-order valence-corrected chi connectivity index (χ2v) is 4.37. The van der Waals surface area contributed by atoms with Crippen LogP contribution >= 0.6 is 0 Å². The van der Waals surface area contributed by atoms with Crippen molar-refractivity contribution in [3.05, 3.63) is 35.6 Å². The van der Waals surface area contributed by atoms with Gasteiger partial charge in [0.1, 0.15) is 12.4 Å². The highest BCUT2D eigenvalue weighted by Crippen LogP contribution is 2.19. The summed E-state index contributed by atoms with van der Waals surface area (Å²) in [6, 6.07) is 6.60. The summed E-state index contributed by atoms with van der Waals surface area (Å²) in [4.78, 5) is 10.5. The van der Waals surface area contributed by atoms with Crippen LogP contribution in [0.15, 0.2) is 24.3 Å². The average molecular weight is 268 g/mol. The molecular formula is C14H21FN2O2. The maximum absolute atomic E-state index is 12.9. The smallest absolute Gasteiger partial charge is 0.404 e. The number of carbonyl (C=O) groups excluding carboxylic acids is 1. The topological polar surface area (TPSA) is 64.3 Å². The van der Waals surface area contributed by atoms with Crippen molar-refractivity contribution in [3.8, 4) is 0 Å². The third-order valence-corrected chi connectivity index (χ3v) is 2.86. The van der Waals surface area contributed by atoms with Crippen LogP contribution < -0.4 is 11.1 Å². The monoisotopic (exact) mass is 268 g/mol. The van der Waals surface area contributed by atoms with Crippen LogP contribution in [0, 0.1) is 5.82 Å². The van der Waals surface area contributed by atoms with E-state index in [1.165, 1.54) is 12.1 Å². The first-order valence-corrected chi connectivity index (χ1v) is 6.54. The van der Waals surface area contributed by atoms with E-state index in [0.717, 1.165) is 24.8 Å². The van der Waals surface area contributed by atoms with Crippen molar-refractivity contribution >= 4 is 6.09 Å². The van der Waals surface area contributed by atoms with Gasteiger partial charge in [0.25, 0.3) is 0 Å². The van der Waals surface area contributed by atoms with E-state index in [4.69, 9.17) is 5.73 Å². The van der Waals surface area contributed by atoms with Gasteiger partial charge >= 0.3 is 6.09 Å². The van der Waals surface area contributed by atoms with E-state index in [1.807, 2.05) is 0 Å². The molecule has 0 saturated heterocycles. The van der Waals surface area contributed by atoms with Crippen LogP contribution in [0.5, 0.6) is 0 Å². The highest BCUT2D eigenvalue weighted by atomic mass is 19.1. The number of rotatable bonds is 8. The minimum atomic E-state index is -0.770. The van der Waals surface area contributed by atoms with E-state index in [-0.39, 0.29) is 18.5 Å².